The van der Waals surface area contributed by atoms with Crippen molar-refractivity contribution in [3.63, 3.8) is 0 Å². The summed E-state index contributed by atoms with van der Waals surface area (Å²) in [5.41, 5.74) is 2.58. The van der Waals surface area contributed by atoms with Crippen LogP contribution in [0, 0.1) is 6.92 Å². The summed E-state index contributed by atoms with van der Waals surface area (Å²) in [5, 5.41) is 1.40. The van der Waals surface area contributed by atoms with E-state index in [1.165, 1.54) is 0 Å². The van der Waals surface area contributed by atoms with Crippen LogP contribution in [-0.4, -0.2) is 4.98 Å². The van der Waals surface area contributed by atoms with Gasteiger partial charge >= 0.3 is 0 Å². The molecule has 0 fully saturated rings. The molecule has 0 atom stereocenters. The highest BCUT2D eigenvalue weighted by Crippen LogP contribution is 2.17. The van der Waals surface area contributed by atoms with Gasteiger partial charge in [-0.15, -0.1) is 0 Å². The second-order valence-electron chi connectivity index (χ2n) is 4.24. The number of nitrogens with one attached hydrogen (secondary N) is 1. The minimum Gasteiger partial charge on any atom is -0.358 e. The van der Waals surface area contributed by atoms with Crippen LogP contribution in [-0.2, 0) is 6.42 Å². The number of aryl methyl sites for hydroxylation is 1. The molecule has 18 heavy (non-hydrogen) atoms. The maximum atomic E-state index is 12.4. The highest BCUT2D eigenvalue weighted by Gasteiger charge is 2.08. The quantitative estimate of drug-likeness (QED) is 0.877. The summed E-state index contributed by atoms with van der Waals surface area (Å²) in [4.78, 5) is 15.7. The van der Waals surface area contributed by atoms with Crippen molar-refractivity contribution in [3.8, 4) is 0 Å². The molecule has 0 amide bonds. The molecule has 1 aromatic heterocycles. The third kappa shape index (κ3) is 2.68. The average molecular weight is 327 g/mol. The normalized spacial score (nSPS) is 12.1. The van der Waals surface area contributed by atoms with Crippen molar-refractivity contribution in [1.29, 1.82) is 0 Å². The van der Waals surface area contributed by atoms with E-state index in [1.807, 2.05) is 38.1 Å². The number of fused-ring (bicyclic) bond motifs is 1. The molecule has 4 heteroatoms. The lowest BCUT2D eigenvalue weighted by atomic mass is 10.1. The van der Waals surface area contributed by atoms with E-state index < -0.39 is 0 Å². The van der Waals surface area contributed by atoms with E-state index in [-0.39, 0.29) is 5.43 Å². The minimum atomic E-state index is 0.0664. The van der Waals surface area contributed by atoms with Gasteiger partial charge in [0.25, 0.3) is 0 Å². The molecule has 2 rings (SSSR count). The van der Waals surface area contributed by atoms with Crippen LogP contribution in [0.5, 0.6) is 0 Å². The highest BCUT2D eigenvalue weighted by atomic mass is 79.9. The third-order valence-electron chi connectivity index (χ3n) is 2.86. The molecule has 1 N–H and O–H groups in total. The Morgan fingerprint density at radius 1 is 1.50 bits per heavy atom. The molecule has 0 unspecified atom stereocenters. The van der Waals surface area contributed by atoms with Crippen molar-refractivity contribution in [2.24, 2.45) is 0 Å². The topological polar surface area (TPSA) is 32.9 Å². The molecule has 0 aliphatic rings. The number of hydrogen-bond acceptors (Lipinski definition) is 1. The van der Waals surface area contributed by atoms with Gasteiger partial charge in [0, 0.05) is 31.7 Å². The van der Waals surface area contributed by atoms with Crippen LogP contribution in [0.4, 0.5) is 0 Å². The number of aromatic nitrogens is 1. The molecular formula is C14H13BrClNO. The summed E-state index contributed by atoms with van der Waals surface area (Å²) in [6.45, 7) is 3.72. The molecule has 1 aromatic carbocycles. The fourth-order valence-electron chi connectivity index (χ4n) is 1.91. The third-order valence-corrected chi connectivity index (χ3v) is 3.51. The number of halogens is 2. The first-order chi connectivity index (χ1) is 8.49. The standard InChI is InChI=1S/C14H13BrClNO/c1-8(16)3-5-11-9(2)17-13-6-4-10(15)7-12(13)14(11)18/h3-4,6-7H,5H2,1-2H3,(H,17,18)/b8-3-. The summed E-state index contributed by atoms with van der Waals surface area (Å²) in [7, 11) is 0. The van der Waals surface area contributed by atoms with Crippen molar-refractivity contribution in [1.82, 2.24) is 4.98 Å². The van der Waals surface area contributed by atoms with Crippen molar-refractivity contribution in [2.75, 3.05) is 0 Å². The van der Waals surface area contributed by atoms with Gasteiger partial charge in [-0.3, -0.25) is 4.79 Å². The molecule has 1 heterocycles. The van der Waals surface area contributed by atoms with Gasteiger partial charge in [0.05, 0.1) is 0 Å². The second-order valence-corrected chi connectivity index (χ2v) is 5.75. The van der Waals surface area contributed by atoms with Crippen LogP contribution in [0.3, 0.4) is 0 Å². The van der Waals surface area contributed by atoms with E-state index in [0.717, 1.165) is 21.2 Å². The lowest BCUT2D eigenvalue weighted by Crippen LogP contribution is -2.12. The molecule has 0 bridgehead atoms. The first-order valence-corrected chi connectivity index (χ1v) is 6.79. The molecule has 0 radical (unpaired) electrons. The van der Waals surface area contributed by atoms with E-state index in [2.05, 4.69) is 20.9 Å². The smallest absolute Gasteiger partial charge is 0.193 e. The van der Waals surface area contributed by atoms with Gasteiger partial charge < -0.3 is 4.98 Å². The Hall–Kier alpha value is -1.06. The number of aromatic amines is 1. The SMILES string of the molecule is C/C(Cl)=C/Cc1c(C)[nH]c2ccc(Br)cc2c1=O. The van der Waals surface area contributed by atoms with Crippen LogP contribution in [0.1, 0.15) is 18.2 Å². The Bertz CT molecular complexity index is 684. The molecule has 0 saturated heterocycles. The Kier molecular flexibility index (Phi) is 3.93. The van der Waals surface area contributed by atoms with Gasteiger partial charge in [0.2, 0.25) is 0 Å². The van der Waals surface area contributed by atoms with Gasteiger partial charge in [0.15, 0.2) is 5.43 Å². The molecule has 0 aliphatic carbocycles. The van der Waals surface area contributed by atoms with Crippen molar-refractivity contribution < 1.29 is 0 Å². The zero-order valence-electron chi connectivity index (χ0n) is 10.2. The van der Waals surface area contributed by atoms with Crippen molar-refractivity contribution >= 4 is 38.4 Å². The molecule has 0 aliphatic heterocycles. The first kappa shape index (κ1) is 13.4. The van der Waals surface area contributed by atoms with Gasteiger partial charge in [-0.05, 0) is 38.5 Å². The van der Waals surface area contributed by atoms with Crippen molar-refractivity contribution in [2.45, 2.75) is 20.3 Å². The monoisotopic (exact) mass is 325 g/mol. The number of pyridine rings is 1. The molecule has 0 saturated carbocycles. The largest absolute Gasteiger partial charge is 0.358 e. The fraction of sp³-hybridized carbons (Fsp3) is 0.214. The zero-order chi connectivity index (χ0) is 13.3. The van der Waals surface area contributed by atoms with E-state index in [9.17, 15) is 4.79 Å². The Balaban J connectivity index is 2.67. The van der Waals surface area contributed by atoms with Gasteiger partial charge in [-0.1, -0.05) is 33.6 Å². The van der Waals surface area contributed by atoms with Gasteiger partial charge in [0.1, 0.15) is 0 Å². The Morgan fingerprint density at radius 3 is 2.89 bits per heavy atom. The van der Waals surface area contributed by atoms with Crippen LogP contribution >= 0.6 is 27.5 Å². The van der Waals surface area contributed by atoms with Crippen LogP contribution in [0.25, 0.3) is 10.9 Å². The molecule has 2 aromatic rings. The highest BCUT2D eigenvalue weighted by molar-refractivity contribution is 9.10. The molecule has 0 spiro atoms. The lowest BCUT2D eigenvalue weighted by Gasteiger charge is -2.06. The maximum Gasteiger partial charge on any atom is 0.193 e. The second kappa shape index (κ2) is 5.29. The molecule has 94 valence electrons. The van der Waals surface area contributed by atoms with Crippen LogP contribution < -0.4 is 5.43 Å². The van der Waals surface area contributed by atoms with E-state index >= 15 is 0 Å². The van der Waals surface area contributed by atoms with E-state index in [4.69, 9.17) is 11.6 Å². The fourth-order valence-corrected chi connectivity index (χ4v) is 2.35. The summed E-state index contributed by atoms with van der Waals surface area (Å²) < 4.78 is 0.902. The average Bonchev–Trinajstić information content (AvgIpc) is 2.30. The Morgan fingerprint density at radius 2 is 2.22 bits per heavy atom. The van der Waals surface area contributed by atoms with Gasteiger partial charge in [-0.25, -0.2) is 0 Å². The minimum absolute atomic E-state index is 0.0664. The lowest BCUT2D eigenvalue weighted by molar-refractivity contribution is 1.11. The summed E-state index contributed by atoms with van der Waals surface area (Å²) in [6, 6.07) is 5.66. The van der Waals surface area contributed by atoms with E-state index in [1.54, 1.807) is 0 Å². The van der Waals surface area contributed by atoms with Crippen LogP contribution in [0.15, 0.2) is 38.6 Å². The number of hydrogen-bond donors (Lipinski definition) is 1. The predicted octanol–water partition coefficient (Wildman–Crippen LogP) is 4.28. The molecule has 2 nitrogen and oxygen atoms in total. The summed E-state index contributed by atoms with van der Waals surface area (Å²) in [6.07, 6.45) is 2.40. The zero-order valence-corrected chi connectivity index (χ0v) is 12.5. The van der Waals surface area contributed by atoms with Crippen molar-refractivity contribution in [3.05, 3.63) is 55.3 Å². The van der Waals surface area contributed by atoms with E-state index in [0.29, 0.717) is 16.8 Å². The van der Waals surface area contributed by atoms with Crippen LogP contribution in [0.2, 0.25) is 0 Å². The predicted molar refractivity (Wildman–Crippen MR) is 80.3 cm³/mol. The summed E-state index contributed by atoms with van der Waals surface area (Å²) in [5.74, 6) is 0. The summed E-state index contributed by atoms with van der Waals surface area (Å²) >= 11 is 9.20. The maximum absolute atomic E-state index is 12.4. The number of rotatable bonds is 2. The van der Waals surface area contributed by atoms with Gasteiger partial charge in [-0.2, -0.15) is 0 Å². The molecular weight excluding hydrogens is 314 g/mol. The Labute approximate surface area is 119 Å². The first-order valence-electron chi connectivity index (χ1n) is 5.62. The number of H-pyrrole nitrogens is 1. The number of benzene rings is 1. The number of allylic oxidation sites excluding steroid dienone is 2.